The molecule has 0 spiro atoms. The number of benzene rings is 3. The highest BCUT2D eigenvalue weighted by atomic mass is 79.9. The van der Waals surface area contributed by atoms with E-state index >= 15 is 0 Å². The van der Waals surface area contributed by atoms with Crippen LogP contribution in [-0.2, 0) is 22.6 Å². The lowest BCUT2D eigenvalue weighted by Crippen LogP contribution is -2.53. The Morgan fingerprint density at radius 1 is 0.914 bits per heavy atom. The summed E-state index contributed by atoms with van der Waals surface area (Å²) in [5.74, 6) is 0.163. The molecule has 3 aromatic rings. The second kappa shape index (κ2) is 13.4. The van der Waals surface area contributed by atoms with E-state index in [0.29, 0.717) is 12.2 Å². The Morgan fingerprint density at radius 2 is 1.60 bits per heavy atom. The monoisotopic (exact) mass is 600 g/mol. The number of amides is 2. The zero-order chi connectivity index (χ0) is 25.2. The van der Waals surface area contributed by atoms with E-state index in [2.05, 4.69) is 37.2 Å². The molecule has 0 fully saturated rings. The van der Waals surface area contributed by atoms with Crippen molar-refractivity contribution in [2.45, 2.75) is 45.3 Å². The molecule has 0 heterocycles. The Morgan fingerprint density at radius 3 is 2.26 bits per heavy atom. The van der Waals surface area contributed by atoms with Crippen LogP contribution in [0.4, 0.5) is 0 Å². The molecule has 184 valence electrons. The van der Waals surface area contributed by atoms with Crippen LogP contribution in [0.15, 0.2) is 87.8 Å². The lowest BCUT2D eigenvalue weighted by molar-refractivity contribution is -0.143. The van der Waals surface area contributed by atoms with Gasteiger partial charge in [-0.25, -0.2) is 0 Å². The van der Waals surface area contributed by atoms with Gasteiger partial charge in [-0.2, -0.15) is 0 Å². The van der Waals surface area contributed by atoms with Crippen molar-refractivity contribution >= 4 is 43.7 Å². The normalized spacial score (nSPS) is 12.5. The number of rotatable bonds is 11. The SMILES string of the molecule is CC[C@@H](C)NC(=O)[C@@H](Cc1ccccc1)N(Cc1cccc(Br)c1)C(=O)COc1ccc(Br)cc1. The van der Waals surface area contributed by atoms with Gasteiger partial charge in [0.05, 0.1) is 0 Å². The van der Waals surface area contributed by atoms with Crippen molar-refractivity contribution in [2.75, 3.05) is 6.61 Å². The first-order valence-corrected chi connectivity index (χ1v) is 13.2. The number of nitrogens with one attached hydrogen (secondary N) is 1. The summed E-state index contributed by atoms with van der Waals surface area (Å²) in [5.41, 5.74) is 1.91. The fourth-order valence-corrected chi connectivity index (χ4v) is 4.30. The minimum Gasteiger partial charge on any atom is -0.484 e. The minimum atomic E-state index is -0.689. The Hall–Kier alpha value is -2.64. The molecule has 0 aliphatic carbocycles. The van der Waals surface area contributed by atoms with Crippen molar-refractivity contribution in [3.63, 3.8) is 0 Å². The van der Waals surface area contributed by atoms with Gasteiger partial charge in [0.15, 0.2) is 6.61 Å². The largest absolute Gasteiger partial charge is 0.484 e. The van der Waals surface area contributed by atoms with Crippen LogP contribution in [0, 0.1) is 0 Å². The molecule has 35 heavy (non-hydrogen) atoms. The minimum absolute atomic E-state index is 0.00242. The molecule has 2 atom stereocenters. The molecule has 3 aromatic carbocycles. The fourth-order valence-electron chi connectivity index (χ4n) is 3.59. The second-order valence-corrected chi connectivity index (χ2v) is 10.2. The number of carbonyl (C=O) groups excluding carboxylic acids is 2. The third kappa shape index (κ3) is 8.51. The van der Waals surface area contributed by atoms with Crippen LogP contribution in [0.25, 0.3) is 0 Å². The average molecular weight is 602 g/mol. The summed E-state index contributed by atoms with van der Waals surface area (Å²) in [6.45, 7) is 4.10. The van der Waals surface area contributed by atoms with E-state index in [1.54, 1.807) is 17.0 Å². The number of ether oxygens (including phenoxy) is 1. The Labute approximate surface area is 224 Å². The van der Waals surface area contributed by atoms with Gasteiger partial charge in [-0.05, 0) is 60.9 Å². The molecule has 0 saturated heterocycles. The number of halogens is 2. The van der Waals surface area contributed by atoms with E-state index in [9.17, 15) is 9.59 Å². The van der Waals surface area contributed by atoms with E-state index in [-0.39, 0.29) is 31.0 Å². The summed E-state index contributed by atoms with van der Waals surface area (Å²) in [4.78, 5) is 28.7. The molecule has 0 aliphatic heterocycles. The zero-order valence-electron chi connectivity index (χ0n) is 19.9. The number of hydrogen-bond donors (Lipinski definition) is 1. The highest BCUT2D eigenvalue weighted by Crippen LogP contribution is 2.20. The standard InChI is InChI=1S/C28H30Br2N2O3/c1-3-20(2)31-28(34)26(17-21-8-5-4-6-9-21)32(18-22-10-7-11-24(30)16-22)27(33)19-35-25-14-12-23(29)13-15-25/h4-16,20,26H,3,17-19H2,1-2H3,(H,31,34)/t20-,26-/m1/s1. The molecule has 2 amide bonds. The van der Waals surface area contributed by atoms with Crippen molar-refractivity contribution in [3.05, 3.63) is 98.9 Å². The topological polar surface area (TPSA) is 58.6 Å². The first kappa shape index (κ1) is 27.0. The molecule has 1 N–H and O–H groups in total. The number of hydrogen-bond acceptors (Lipinski definition) is 3. The van der Waals surface area contributed by atoms with Crippen LogP contribution in [0.3, 0.4) is 0 Å². The molecular formula is C28H30Br2N2O3. The highest BCUT2D eigenvalue weighted by Gasteiger charge is 2.31. The van der Waals surface area contributed by atoms with Gasteiger partial charge < -0.3 is 15.0 Å². The molecule has 0 saturated carbocycles. The van der Waals surface area contributed by atoms with Crippen molar-refractivity contribution in [3.8, 4) is 5.75 Å². The van der Waals surface area contributed by atoms with Crippen molar-refractivity contribution < 1.29 is 14.3 Å². The first-order chi connectivity index (χ1) is 16.9. The summed E-state index contributed by atoms with van der Waals surface area (Å²) in [7, 11) is 0. The Kier molecular flexibility index (Phi) is 10.4. The van der Waals surface area contributed by atoms with Crippen molar-refractivity contribution in [2.24, 2.45) is 0 Å². The van der Waals surface area contributed by atoms with E-state index in [1.165, 1.54) is 0 Å². The summed E-state index contributed by atoms with van der Waals surface area (Å²) in [6, 6.07) is 24.2. The Bertz CT molecular complexity index is 1110. The van der Waals surface area contributed by atoms with E-state index < -0.39 is 6.04 Å². The lowest BCUT2D eigenvalue weighted by atomic mass is 10.0. The summed E-state index contributed by atoms with van der Waals surface area (Å²) < 4.78 is 7.64. The first-order valence-electron chi connectivity index (χ1n) is 11.6. The van der Waals surface area contributed by atoms with Gasteiger partial charge in [0, 0.05) is 28.0 Å². The quantitative estimate of drug-likeness (QED) is 0.287. The second-order valence-electron chi connectivity index (χ2n) is 8.42. The average Bonchev–Trinajstić information content (AvgIpc) is 2.86. The van der Waals surface area contributed by atoms with Crippen LogP contribution < -0.4 is 10.1 Å². The third-order valence-corrected chi connectivity index (χ3v) is 6.71. The predicted molar refractivity (Wildman–Crippen MR) is 146 cm³/mol. The van der Waals surface area contributed by atoms with Gasteiger partial charge in [-0.1, -0.05) is 81.2 Å². The van der Waals surface area contributed by atoms with Gasteiger partial charge in [-0.15, -0.1) is 0 Å². The maximum Gasteiger partial charge on any atom is 0.261 e. The number of nitrogens with zero attached hydrogens (tertiary/aromatic N) is 1. The van der Waals surface area contributed by atoms with Crippen LogP contribution in [0.1, 0.15) is 31.4 Å². The van der Waals surface area contributed by atoms with Crippen molar-refractivity contribution in [1.82, 2.24) is 10.2 Å². The summed E-state index contributed by atoms with van der Waals surface area (Å²) in [5, 5.41) is 3.07. The lowest BCUT2D eigenvalue weighted by Gasteiger charge is -2.32. The molecule has 0 aromatic heterocycles. The van der Waals surface area contributed by atoms with E-state index in [1.807, 2.05) is 80.6 Å². The summed E-state index contributed by atoms with van der Waals surface area (Å²) in [6.07, 6.45) is 1.21. The van der Waals surface area contributed by atoms with E-state index in [0.717, 1.165) is 26.5 Å². The molecule has 5 nitrogen and oxygen atoms in total. The van der Waals surface area contributed by atoms with Crippen molar-refractivity contribution in [1.29, 1.82) is 0 Å². The van der Waals surface area contributed by atoms with Crippen LogP contribution in [-0.4, -0.2) is 35.4 Å². The fraction of sp³-hybridized carbons (Fsp3) is 0.286. The van der Waals surface area contributed by atoms with E-state index in [4.69, 9.17) is 4.74 Å². The smallest absolute Gasteiger partial charge is 0.261 e. The zero-order valence-corrected chi connectivity index (χ0v) is 23.1. The molecule has 0 unspecified atom stereocenters. The third-order valence-electron chi connectivity index (χ3n) is 5.69. The van der Waals surface area contributed by atoms with Crippen LogP contribution in [0.5, 0.6) is 5.75 Å². The maximum absolute atomic E-state index is 13.6. The number of carbonyl (C=O) groups is 2. The molecule has 0 bridgehead atoms. The Balaban J connectivity index is 1.90. The van der Waals surface area contributed by atoms with Gasteiger partial charge in [0.2, 0.25) is 5.91 Å². The maximum atomic E-state index is 13.6. The molecule has 0 aliphatic rings. The molecule has 0 radical (unpaired) electrons. The van der Waals surface area contributed by atoms with Gasteiger partial charge in [0.1, 0.15) is 11.8 Å². The predicted octanol–water partition coefficient (Wildman–Crippen LogP) is 6.15. The van der Waals surface area contributed by atoms with Gasteiger partial charge >= 0.3 is 0 Å². The molecule has 3 rings (SSSR count). The molecule has 7 heteroatoms. The summed E-state index contributed by atoms with van der Waals surface area (Å²) >= 11 is 6.91. The van der Waals surface area contributed by atoms with Gasteiger partial charge in [0.25, 0.3) is 5.91 Å². The highest BCUT2D eigenvalue weighted by molar-refractivity contribution is 9.10. The van der Waals surface area contributed by atoms with Crippen LogP contribution >= 0.6 is 31.9 Å². The molecular weight excluding hydrogens is 572 g/mol. The van der Waals surface area contributed by atoms with Gasteiger partial charge in [-0.3, -0.25) is 9.59 Å². The van der Waals surface area contributed by atoms with Crippen LogP contribution in [0.2, 0.25) is 0 Å².